The van der Waals surface area contributed by atoms with Gasteiger partial charge in [-0.05, 0) is 12.5 Å². The number of amides is 2. The quantitative estimate of drug-likeness (QED) is 0.776. The van der Waals surface area contributed by atoms with Crippen LogP contribution in [0.15, 0.2) is 30.3 Å². The Morgan fingerprint density at radius 3 is 2.47 bits per heavy atom. The maximum absolute atomic E-state index is 12.3. The fourth-order valence-electron chi connectivity index (χ4n) is 1.88. The zero-order valence-electron chi connectivity index (χ0n) is 11.4. The van der Waals surface area contributed by atoms with Crippen molar-refractivity contribution in [3.63, 3.8) is 0 Å². The third-order valence-electron chi connectivity index (χ3n) is 2.87. The average Bonchev–Trinajstić information content (AvgIpc) is 2.40. The molecule has 1 unspecified atom stereocenters. The molecule has 0 saturated carbocycles. The van der Waals surface area contributed by atoms with Crippen molar-refractivity contribution in [3.8, 4) is 0 Å². The number of hydrogen-bond acceptors (Lipinski definition) is 3. The molecule has 0 fully saturated rings. The molecule has 0 aliphatic rings. The molecule has 1 atom stereocenters. The molecule has 0 aromatic heterocycles. The number of rotatable bonds is 6. The largest absolute Gasteiger partial charge is 0.355 e. The van der Waals surface area contributed by atoms with Gasteiger partial charge in [-0.2, -0.15) is 0 Å². The number of carbonyl (C=O) groups is 2. The molecular weight excluding hydrogens is 242 g/mol. The minimum atomic E-state index is -0.402. The van der Waals surface area contributed by atoms with Gasteiger partial charge >= 0.3 is 0 Å². The first-order chi connectivity index (χ1) is 9.10. The van der Waals surface area contributed by atoms with Gasteiger partial charge in [0, 0.05) is 20.1 Å². The van der Waals surface area contributed by atoms with E-state index in [1.165, 1.54) is 4.90 Å². The van der Waals surface area contributed by atoms with Gasteiger partial charge in [0.15, 0.2) is 0 Å². The first-order valence-electron chi connectivity index (χ1n) is 6.36. The van der Waals surface area contributed by atoms with Gasteiger partial charge < -0.3 is 16.0 Å². The maximum atomic E-state index is 12.3. The second-order valence-corrected chi connectivity index (χ2v) is 4.35. The van der Waals surface area contributed by atoms with Gasteiger partial charge in [0.2, 0.25) is 11.8 Å². The number of nitrogens with one attached hydrogen (secondary N) is 1. The third kappa shape index (κ3) is 4.37. The van der Waals surface area contributed by atoms with Crippen LogP contribution in [0.2, 0.25) is 0 Å². The molecule has 0 aliphatic carbocycles. The van der Waals surface area contributed by atoms with Crippen LogP contribution in [-0.2, 0) is 9.59 Å². The number of hydrogen-bond donors (Lipinski definition) is 2. The third-order valence-corrected chi connectivity index (χ3v) is 2.87. The second-order valence-electron chi connectivity index (χ2n) is 4.35. The van der Waals surface area contributed by atoms with E-state index >= 15 is 0 Å². The highest BCUT2D eigenvalue weighted by molar-refractivity contribution is 5.88. The summed E-state index contributed by atoms with van der Waals surface area (Å²) >= 11 is 0. The molecule has 2 amide bonds. The van der Waals surface area contributed by atoms with E-state index in [-0.39, 0.29) is 24.9 Å². The molecule has 0 bridgehead atoms. The highest BCUT2D eigenvalue weighted by atomic mass is 16.2. The fraction of sp³-hybridized carbons (Fsp3) is 0.429. The van der Waals surface area contributed by atoms with Crippen molar-refractivity contribution in [2.24, 2.45) is 5.73 Å². The van der Waals surface area contributed by atoms with E-state index in [0.29, 0.717) is 6.54 Å². The predicted octanol–water partition coefficient (Wildman–Crippen LogP) is 0.323. The van der Waals surface area contributed by atoms with E-state index in [9.17, 15) is 9.59 Å². The van der Waals surface area contributed by atoms with E-state index in [1.807, 2.05) is 37.3 Å². The number of carbonyl (C=O) groups excluding carboxylic acids is 2. The lowest BCUT2D eigenvalue weighted by Gasteiger charge is -2.22. The summed E-state index contributed by atoms with van der Waals surface area (Å²) in [5.41, 5.74) is 6.56. The molecule has 19 heavy (non-hydrogen) atoms. The summed E-state index contributed by atoms with van der Waals surface area (Å²) in [6.07, 6.45) is 0. The minimum Gasteiger partial charge on any atom is -0.355 e. The molecular formula is C14H21N3O2. The summed E-state index contributed by atoms with van der Waals surface area (Å²) < 4.78 is 0. The number of nitrogens with two attached hydrogens (primary N) is 1. The summed E-state index contributed by atoms with van der Waals surface area (Å²) in [5.74, 6) is -0.706. The molecule has 5 heteroatoms. The zero-order valence-corrected chi connectivity index (χ0v) is 11.4. The lowest BCUT2D eigenvalue weighted by Crippen LogP contribution is -2.41. The van der Waals surface area contributed by atoms with Crippen LogP contribution in [0.1, 0.15) is 18.4 Å². The Morgan fingerprint density at radius 2 is 1.95 bits per heavy atom. The number of likely N-dealkylation sites (N-methyl/N-ethyl adjacent to an activating group) is 2. The Kier molecular flexibility index (Phi) is 6.02. The lowest BCUT2D eigenvalue weighted by atomic mass is 9.98. The second kappa shape index (κ2) is 7.53. The van der Waals surface area contributed by atoms with Gasteiger partial charge in [0.05, 0.1) is 12.5 Å². The zero-order chi connectivity index (χ0) is 14.3. The van der Waals surface area contributed by atoms with Crippen molar-refractivity contribution in [1.29, 1.82) is 0 Å². The van der Waals surface area contributed by atoms with Crippen molar-refractivity contribution >= 4 is 11.8 Å². The van der Waals surface area contributed by atoms with Crippen molar-refractivity contribution in [3.05, 3.63) is 35.9 Å². The Bertz CT molecular complexity index is 420. The topological polar surface area (TPSA) is 75.4 Å². The monoisotopic (exact) mass is 263 g/mol. The average molecular weight is 263 g/mol. The van der Waals surface area contributed by atoms with Crippen LogP contribution < -0.4 is 11.1 Å². The van der Waals surface area contributed by atoms with Gasteiger partial charge in [0.25, 0.3) is 0 Å². The summed E-state index contributed by atoms with van der Waals surface area (Å²) in [7, 11) is 1.61. The SMILES string of the molecule is CCNC(=O)CN(C)C(=O)C(CN)c1ccccc1. The van der Waals surface area contributed by atoms with E-state index < -0.39 is 5.92 Å². The van der Waals surface area contributed by atoms with Crippen LogP contribution in [0.25, 0.3) is 0 Å². The highest BCUT2D eigenvalue weighted by Gasteiger charge is 2.23. The first kappa shape index (κ1) is 15.2. The van der Waals surface area contributed by atoms with Crippen molar-refractivity contribution in [2.75, 3.05) is 26.7 Å². The Morgan fingerprint density at radius 1 is 1.32 bits per heavy atom. The Balaban J connectivity index is 2.71. The first-order valence-corrected chi connectivity index (χ1v) is 6.36. The summed E-state index contributed by atoms with van der Waals surface area (Å²) in [6.45, 7) is 2.67. The van der Waals surface area contributed by atoms with Gasteiger partial charge in [-0.1, -0.05) is 30.3 Å². The van der Waals surface area contributed by atoms with Crippen LogP contribution in [0.4, 0.5) is 0 Å². The lowest BCUT2D eigenvalue weighted by molar-refractivity contribution is -0.135. The standard InChI is InChI=1S/C14H21N3O2/c1-3-16-13(18)10-17(2)14(19)12(9-15)11-7-5-4-6-8-11/h4-8,12H,3,9-10,15H2,1-2H3,(H,16,18). The molecule has 0 saturated heterocycles. The Labute approximate surface area is 113 Å². The molecule has 104 valence electrons. The molecule has 5 nitrogen and oxygen atoms in total. The van der Waals surface area contributed by atoms with Gasteiger partial charge in [0.1, 0.15) is 0 Å². The van der Waals surface area contributed by atoms with Crippen LogP contribution in [0, 0.1) is 0 Å². The summed E-state index contributed by atoms with van der Waals surface area (Å²) in [5, 5.41) is 2.66. The molecule has 0 spiro atoms. The van der Waals surface area contributed by atoms with E-state index in [2.05, 4.69) is 5.32 Å². The van der Waals surface area contributed by atoms with Crippen molar-refractivity contribution in [2.45, 2.75) is 12.8 Å². The maximum Gasteiger partial charge on any atom is 0.239 e. The van der Waals surface area contributed by atoms with Gasteiger partial charge in [-0.15, -0.1) is 0 Å². The molecule has 0 heterocycles. The van der Waals surface area contributed by atoms with Gasteiger partial charge in [-0.3, -0.25) is 9.59 Å². The molecule has 1 rings (SSSR count). The van der Waals surface area contributed by atoms with E-state index in [4.69, 9.17) is 5.73 Å². The fourth-order valence-corrected chi connectivity index (χ4v) is 1.88. The molecule has 3 N–H and O–H groups in total. The summed E-state index contributed by atoms with van der Waals surface area (Å²) in [4.78, 5) is 25.2. The number of benzene rings is 1. The molecule has 0 aliphatic heterocycles. The molecule has 1 aromatic rings. The number of nitrogens with zero attached hydrogens (tertiary/aromatic N) is 1. The van der Waals surface area contributed by atoms with Crippen molar-refractivity contribution in [1.82, 2.24) is 10.2 Å². The normalized spacial score (nSPS) is 11.7. The smallest absolute Gasteiger partial charge is 0.239 e. The minimum absolute atomic E-state index is 0.0516. The molecule has 1 aromatic carbocycles. The van der Waals surface area contributed by atoms with Crippen LogP contribution >= 0.6 is 0 Å². The van der Waals surface area contributed by atoms with Crippen molar-refractivity contribution < 1.29 is 9.59 Å². The van der Waals surface area contributed by atoms with E-state index in [0.717, 1.165) is 5.56 Å². The summed E-state index contributed by atoms with van der Waals surface area (Å²) in [6, 6.07) is 9.37. The van der Waals surface area contributed by atoms with E-state index in [1.54, 1.807) is 7.05 Å². The van der Waals surface area contributed by atoms with Crippen LogP contribution in [-0.4, -0.2) is 43.4 Å². The van der Waals surface area contributed by atoms with Crippen LogP contribution in [0.5, 0.6) is 0 Å². The predicted molar refractivity (Wildman–Crippen MR) is 74.6 cm³/mol. The van der Waals surface area contributed by atoms with Gasteiger partial charge in [-0.25, -0.2) is 0 Å². The highest BCUT2D eigenvalue weighted by Crippen LogP contribution is 2.16. The Hall–Kier alpha value is -1.88. The molecule has 0 radical (unpaired) electrons. The van der Waals surface area contributed by atoms with Crippen LogP contribution in [0.3, 0.4) is 0 Å².